The Bertz CT molecular complexity index is 354. The minimum atomic E-state index is 0.0374. The van der Waals surface area contributed by atoms with Gasteiger partial charge in [0.2, 0.25) is 5.91 Å². The first-order valence-electron chi connectivity index (χ1n) is 5.69. The van der Waals surface area contributed by atoms with Gasteiger partial charge < -0.3 is 11.1 Å². The van der Waals surface area contributed by atoms with Crippen molar-refractivity contribution in [2.45, 2.75) is 33.6 Å². The van der Waals surface area contributed by atoms with Crippen molar-refractivity contribution in [2.24, 2.45) is 5.92 Å². The summed E-state index contributed by atoms with van der Waals surface area (Å²) in [6.07, 6.45) is 1.56. The van der Waals surface area contributed by atoms with Gasteiger partial charge in [-0.25, -0.2) is 0 Å². The number of nitrogens with one attached hydrogen (secondary N) is 1. The summed E-state index contributed by atoms with van der Waals surface area (Å²) in [6, 6.07) is 5.62. The number of para-hydroxylation sites is 1. The number of hydrogen-bond acceptors (Lipinski definition) is 2. The van der Waals surface area contributed by atoms with Gasteiger partial charge in [-0.05, 0) is 24.5 Å². The van der Waals surface area contributed by atoms with Gasteiger partial charge in [0.05, 0.1) is 11.4 Å². The van der Waals surface area contributed by atoms with Crippen molar-refractivity contribution in [3.05, 3.63) is 23.8 Å². The van der Waals surface area contributed by atoms with Crippen molar-refractivity contribution in [3.8, 4) is 0 Å². The molecule has 1 atom stereocenters. The summed E-state index contributed by atoms with van der Waals surface area (Å²) >= 11 is 0. The molecule has 0 heterocycles. The third kappa shape index (κ3) is 3.26. The Morgan fingerprint density at radius 2 is 2.19 bits per heavy atom. The van der Waals surface area contributed by atoms with Crippen LogP contribution < -0.4 is 11.1 Å². The van der Waals surface area contributed by atoms with Crippen molar-refractivity contribution in [3.63, 3.8) is 0 Å². The van der Waals surface area contributed by atoms with E-state index in [4.69, 9.17) is 5.73 Å². The van der Waals surface area contributed by atoms with E-state index in [1.165, 1.54) is 0 Å². The summed E-state index contributed by atoms with van der Waals surface area (Å²) in [5, 5.41) is 2.88. The third-order valence-electron chi connectivity index (χ3n) is 2.80. The number of carbonyl (C=O) groups is 1. The fourth-order valence-corrected chi connectivity index (χ4v) is 1.51. The van der Waals surface area contributed by atoms with Gasteiger partial charge in [-0.3, -0.25) is 4.79 Å². The quantitative estimate of drug-likeness (QED) is 0.766. The molecule has 1 unspecified atom stereocenters. The fourth-order valence-electron chi connectivity index (χ4n) is 1.51. The minimum absolute atomic E-state index is 0.0374. The average molecular weight is 220 g/mol. The predicted octanol–water partition coefficient (Wildman–Crippen LogP) is 2.95. The maximum atomic E-state index is 11.7. The average Bonchev–Trinajstić information content (AvgIpc) is 2.23. The molecular weight excluding hydrogens is 200 g/mol. The molecule has 1 aromatic rings. The lowest BCUT2D eigenvalue weighted by Gasteiger charge is -2.13. The first-order chi connectivity index (χ1) is 7.54. The van der Waals surface area contributed by atoms with Gasteiger partial charge in [-0.15, -0.1) is 0 Å². The highest BCUT2D eigenvalue weighted by molar-refractivity contribution is 5.94. The van der Waals surface area contributed by atoms with Crippen molar-refractivity contribution in [1.82, 2.24) is 0 Å². The van der Waals surface area contributed by atoms with Gasteiger partial charge >= 0.3 is 0 Å². The zero-order valence-corrected chi connectivity index (χ0v) is 10.2. The molecule has 3 nitrogen and oxygen atoms in total. The van der Waals surface area contributed by atoms with Gasteiger partial charge in [0, 0.05) is 6.42 Å². The molecule has 0 aliphatic rings. The van der Waals surface area contributed by atoms with Crippen LogP contribution in [0.3, 0.4) is 0 Å². The number of anilines is 2. The van der Waals surface area contributed by atoms with Gasteiger partial charge in [0.1, 0.15) is 0 Å². The molecule has 3 heteroatoms. The summed E-state index contributed by atoms with van der Waals surface area (Å²) < 4.78 is 0. The van der Waals surface area contributed by atoms with Crippen LogP contribution >= 0.6 is 0 Å². The summed E-state index contributed by atoms with van der Waals surface area (Å²) in [4.78, 5) is 11.7. The van der Waals surface area contributed by atoms with Crippen LogP contribution in [-0.4, -0.2) is 5.91 Å². The Morgan fingerprint density at radius 1 is 1.50 bits per heavy atom. The number of carbonyl (C=O) groups excluding carboxylic acids is 1. The molecule has 3 N–H and O–H groups in total. The van der Waals surface area contributed by atoms with Gasteiger partial charge in [-0.1, -0.05) is 32.4 Å². The Morgan fingerprint density at radius 3 is 2.75 bits per heavy atom. The highest BCUT2D eigenvalue weighted by Gasteiger charge is 2.10. The minimum Gasteiger partial charge on any atom is -0.397 e. The molecule has 0 radical (unpaired) electrons. The lowest BCUT2D eigenvalue weighted by Crippen LogP contribution is -2.16. The molecule has 1 aromatic carbocycles. The second-order valence-corrected chi connectivity index (χ2v) is 4.30. The molecule has 0 bridgehead atoms. The molecule has 16 heavy (non-hydrogen) atoms. The van der Waals surface area contributed by atoms with Crippen LogP contribution in [0.15, 0.2) is 18.2 Å². The molecule has 0 aromatic heterocycles. The highest BCUT2D eigenvalue weighted by Crippen LogP contribution is 2.23. The first-order valence-corrected chi connectivity index (χ1v) is 5.69. The monoisotopic (exact) mass is 220 g/mol. The molecule has 88 valence electrons. The Labute approximate surface area is 97.0 Å². The number of benzene rings is 1. The molecule has 1 amide bonds. The van der Waals surface area contributed by atoms with Crippen molar-refractivity contribution in [1.29, 1.82) is 0 Å². The van der Waals surface area contributed by atoms with E-state index in [1.807, 2.05) is 19.1 Å². The van der Waals surface area contributed by atoms with Crippen LogP contribution in [0.25, 0.3) is 0 Å². The number of nitrogens with two attached hydrogens (primary N) is 1. The molecular formula is C13H20N2O. The van der Waals surface area contributed by atoms with E-state index < -0.39 is 0 Å². The van der Waals surface area contributed by atoms with Gasteiger partial charge in [-0.2, -0.15) is 0 Å². The second kappa shape index (κ2) is 5.54. The molecule has 0 saturated carbocycles. The zero-order valence-electron chi connectivity index (χ0n) is 10.2. The number of aryl methyl sites for hydroxylation is 1. The van der Waals surface area contributed by atoms with E-state index >= 15 is 0 Å². The first kappa shape index (κ1) is 12.6. The second-order valence-electron chi connectivity index (χ2n) is 4.30. The maximum absolute atomic E-state index is 11.7. The van der Waals surface area contributed by atoms with E-state index in [2.05, 4.69) is 19.2 Å². The van der Waals surface area contributed by atoms with Crippen LogP contribution in [-0.2, 0) is 4.79 Å². The number of amides is 1. The van der Waals surface area contributed by atoms with Crippen molar-refractivity contribution < 1.29 is 4.79 Å². The summed E-state index contributed by atoms with van der Waals surface area (Å²) in [7, 11) is 0. The van der Waals surface area contributed by atoms with Crippen LogP contribution in [0, 0.1) is 12.8 Å². The standard InChI is InChI=1S/C13H20N2O/c1-4-9(2)8-12(16)15-13-10(3)6-5-7-11(13)14/h5-7,9H,4,8,14H2,1-3H3,(H,15,16). The van der Waals surface area contributed by atoms with E-state index in [0.29, 0.717) is 18.0 Å². The number of rotatable bonds is 4. The van der Waals surface area contributed by atoms with Crippen LogP contribution in [0.5, 0.6) is 0 Å². The van der Waals surface area contributed by atoms with Crippen LogP contribution in [0.2, 0.25) is 0 Å². The van der Waals surface area contributed by atoms with Gasteiger partial charge in [0.25, 0.3) is 0 Å². The van der Waals surface area contributed by atoms with Crippen molar-refractivity contribution in [2.75, 3.05) is 11.1 Å². The summed E-state index contributed by atoms with van der Waals surface area (Å²) in [5.74, 6) is 0.445. The molecule has 0 aliphatic carbocycles. The zero-order chi connectivity index (χ0) is 12.1. The Balaban J connectivity index is 2.70. The molecule has 0 aliphatic heterocycles. The SMILES string of the molecule is CCC(C)CC(=O)Nc1c(C)cccc1N. The highest BCUT2D eigenvalue weighted by atomic mass is 16.1. The van der Waals surface area contributed by atoms with E-state index in [9.17, 15) is 4.79 Å². The van der Waals surface area contributed by atoms with E-state index in [-0.39, 0.29) is 5.91 Å². The van der Waals surface area contributed by atoms with Crippen molar-refractivity contribution >= 4 is 17.3 Å². The maximum Gasteiger partial charge on any atom is 0.224 e. The van der Waals surface area contributed by atoms with Crippen LogP contribution in [0.4, 0.5) is 11.4 Å². The molecule has 1 rings (SSSR count). The van der Waals surface area contributed by atoms with Crippen LogP contribution in [0.1, 0.15) is 32.3 Å². The van der Waals surface area contributed by atoms with E-state index in [1.54, 1.807) is 6.07 Å². The Kier molecular flexibility index (Phi) is 4.35. The number of nitrogen functional groups attached to an aromatic ring is 1. The summed E-state index contributed by atoms with van der Waals surface area (Å²) in [5.41, 5.74) is 8.18. The largest absolute Gasteiger partial charge is 0.397 e. The normalized spacial score (nSPS) is 12.2. The predicted molar refractivity (Wildman–Crippen MR) is 68.3 cm³/mol. The van der Waals surface area contributed by atoms with Gasteiger partial charge in [0.15, 0.2) is 0 Å². The smallest absolute Gasteiger partial charge is 0.224 e. The molecule has 0 saturated heterocycles. The molecule has 0 fully saturated rings. The molecule has 0 spiro atoms. The lowest BCUT2D eigenvalue weighted by atomic mass is 10.0. The Hall–Kier alpha value is -1.51. The fraction of sp³-hybridized carbons (Fsp3) is 0.462. The number of hydrogen-bond donors (Lipinski definition) is 2. The topological polar surface area (TPSA) is 55.1 Å². The summed E-state index contributed by atoms with van der Waals surface area (Å²) in [6.45, 7) is 6.09. The lowest BCUT2D eigenvalue weighted by molar-refractivity contribution is -0.117. The third-order valence-corrected chi connectivity index (χ3v) is 2.80. The van der Waals surface area contributed by atoms with E-state index in [0.717, 1.165) is 17.7 Å².